The van der Waals surface area contributed by atoms with Crippen molar-refractivity contribution in [2.75, 3.05) is 10.2 Å². The van der Waals surface area contributed by atoms with E-state index in [-0.39, 0.29) is 11.9 Å². The Balaban J connectivity index is 2.25. The number of nitrogens with one attached hydrogen (secondary N) is 1. The third-order valence-electron chi connectivity index (χ3n) is 3.37. The van der Waals surface area contributed by atoms with Crippen LogP contribution in [0.1, 0.15) is 32.6 Å². The zero-order chi connectivity index (χ0) is 13.8. The van der Waals surface area contributed by atoms with Gasteiger partial charge < -0.3 is 11.1 Å². The highest BCUT2D eigenvalue weighted by molar-refractivity contribution is 5.93. The molecule has 1 aromatic carbocycles. The molecule has 1 aliphatic carbocycles. The van der Waals surface area contributed by atoms with Crippen LogP contribution < -0.4 is 16.0 Å². The lowest BCUT2D eigenvalue weighted by molar-refractivity contribution is -0.114. The summed E-state index contributed by atoms with van der Waals surface area (Å²) >= 11 is 0. The molecule has 0 saturated heterocycles. The van der Waals surface area contributed by atoms with Gasteiger partial charge >= 0.3 is 6.03 Å². The van der Waals surface area contributed by atoms with Crippen LogP contribution in [0.2, 0.25) is 0 Å². The number of primary amides is 1. The van der Waals surface area contributed by atoms with Crippen molar-refractivity contribution in [2.45, 2.75) is 38.6 Å². The largest absolute Gasteiger partial charge is 0.351 e. The van der Waals surface area contributed by atoms with E-state index in [9.17, 15) is 9.59 Å². The quantitative estimate of drug-likeness (QED) is 0.877. The molecule has 0 aliphatic heterocycles. The Morgan fingerprint density at radius 3 is 2.58 bits per heavy atom. The third kappa shape index (κ3) is 3.24. The van der Waals surface area contributed by atoms with Gasteiger partial charge in [0.05, 0.1) is 0 Å². The SMILES string of the molecule is CC(=O)Nc1cccc(N(C(N)=O)C2CCCC2)c1. The lowest BCUT2D eigenvalue weighted by atomic mass is 10.1. The zero-order valence-electron chi connectivity index (χ0n) is 11.1. The minimum atomic E-state index is -0.438. The second-order valence-corrected chi connectivity index (χ2v) is 4.88. The van der Waals surface area contributed by atoms with E-state index in [1.165, 1.54) is 6.92 Å². The number of nitrogens with zero attached hydrogens (tertiary/aromatic N) is 1. The summed E-state index contributed by atoms with van der Waals surface area (Å²) in [6, 6.07) is 6.96. The molecule has 0 radical (unpaired) electrons. The van der Waals surface area contributed by atoms with E-state index in [4.69, 9.17) is 5.73 Å². The van der Waals surface area contributed by atoms with Crippen LogP contribution in [0.15, 0.2) is 24.3 Å². The van der Waals surface area contributed by atoms with Gasteiger partial charge in [-0.15, -0.1) is 0 Å². The summed E-state index contributed by atoms with van der Waals surface area (Å²) in [6.45, 7) is 1.45. The number of carbonyl (C=O) groups is 2. The molecule has 0 atom stereocenters. The minimum Gasteiger partial charge on any atom is -0.351 e. The summed E-state index contributed by atoms with van der Waals surface area (Å²) < 4.78 is 0. The number of hydrogen-bond donors (Lipinski definition) is 2. The normalized spacial score (nSPS) is 15.2. The Kier molecular flexibility index (Phi) is 4.04. The molecule has 19 heavy (non-hydrogen) atoms. The average molecular weight is 261 g/mol. The fourth-order valence-corrected chi connectivity index (χ4v) is 2.62. The maximum atomic E-state index is 11.7. The van der Waals surface area contributed by atoms with Gasteiger partial charge in [-0.3, -0.25) is 9.69 Å². The minimum absolute atomic E-state index is 0.136. The second kappa shape index (κ2) is 5.73. The van der Waals surface area contributed by atoms with Crippen molar-refractivity contribution in [3.8, 4) is 0 Å². The number of benzene rings is 1. The maximum absolute atomic E-state index is 11.7. The molecule has 1 saturated carbocycles. The first-order valence-corrected chi connectivity index (χ1v) is 6.54. The Morgan fingerprint density at radius 1 is 1.32 bits per heavy atom. The van der Waals surface area contributed by atoms with Crippen molar-refractivity contribution < 1.29 is 9.59 Å². The number of anilines is 2. The smallest absolute Gasteiger partial charge is 0.319 e. The summed E-state index contributed by atoms with van der Waals surface area (Å²) in [7, 11) is 0. The molecule has 2 rings (SSSR count). The van der Waals surface area contributed by atoms with Gasteiger partial charge in [0.1, 0.15) is 0 Å². The molecular formula is C14H19N3O2. The highest BCUT2D eigenvalue weighted by Gasteiger charge is 2.26. The van der Waals surface area contributed by atoms with Crippen LogP contribution in [0.25, 0.3) is 0 Å². The van der Waals surface area contributed by atoms with E-state index >= 15 is 0 Å². The van der Waals surface area contributed by atoms with Crippen molar-refractivity contribution in [3.05, 3.63) is 24.3 Å². The van der Waals surface area contributed by atoms with Crippen LogP contribution in [0, 0.1) is 0 Å². The van der Waals surface area contributed by atoms with E-state index < -0.39 is 6.03 Å². The van der Waals surface area contributed by atoms with Gasteiger partial charge in [0.25, 0.3) is 0 Å². The van der Waals surface area contributed by atoms with Crippen LogP contribution in [-0.2, 0) is 4.79 Å². The molecule has 0 heterocycles. The van der Waals surface area contributed by atoms with Crippen molar-refractivity contribution in [2.24, 2.45) is 5.73 Å². The summed E-state index contributed by atoms with van der Waals surface area (Å²) in [5.74, 6) is -0.136. The van der Waals surface area contributed by atoms with E-state index in [2.05, 4.69) is 5.32 Å². The van der Waals surface area contributed by atoms with Crippen molar-refractivity contribution in [3.63, 3.8) is 0 Å². The van der Waals surface area contributed by atoms with Crippen LogP contribution in [0.5, 0.6) is 0 Å². The van der Waals surface area contributed by atoms with Crippen molar-refractivity contribution in [1.29, 1.82) is 0 Å². The third-order valence-corrected chi connectivity index (χ3v) is 3.37. The van der Waals surface area contributed by atoms with Gasteiger partial charge in [0.2, 0.25) is 5.91 Å². The highest BCUT2D eigenvalue weighted by Crippen LogP contribution is 2.29. The second-order valence-electron chi connectivity index (χ2n) is 4.88. The molecule has 0 spiro atoms. The number of hydrogen-bond acceptors (Lipinski definition) is 2. The number of urea groups is 1. The topological polar surface area (TPSA) is 75.4 Å². The fourth-order valence-electron chi connectivity index (χ4n) is 2.62. The Hall–Kier alpha value is -2.04. The fraction of sp³-hybridized carbons (Fsp3) is 0.429. The lowest BCUT2D eigenvalue weighted by Crippen LogP contribution is -2.42. The van der Waals surface area contributed by atoms with Gasteiger partial charge in [-0.25, -0.2) is 4.79 Å². The molecule has 0 bridgehead atoms. The predicted molar refractivity (Wildman–Crippen MR) is 75.1 cm³/mol. The first kappa shape index (κ1) is 13.4. The zero-order valence-corrected chi connectivity index (χ0v) is 11.1. The molecule has 102 valence electrons. The maximum Gasteiger partial charge on any atom is 0.319 e. The monoisotopic (exact) mass is 261 g/mol. The van der Waals surface area contributed by atoms with Crippen LogP contribution in [-0.4, -0.2) is 18.0 Å². The Labute approximate surface area is 112 Å². The molecule has 1 aliphatic rings. The number of nitrogens with two attached hydrogens (primary N) is 1. The number of carbonyl (C=O) groups excluding carboxylic acids is 2. The molecule has 5 heteroatoms. The van der Waals surface area contributed by atoms with E-state index in [1.54, 1.807) is 17.0 Å². The Morgan fingerprint density at radius 2 is 2.00 bits per heavy atom. The van der Waals surface area contributed by atoms with Crippen molar-refractivity contribution in [1.82, 2.24) is 0 Å². The molecule has 1 aromatic rings. The van der Waals surface area contributed by atoms with Gasteiger partial charge in [0, 0.05) is 24.3 Å². The molecule has 0 unspecified atom stereocenters. The first-order chi connectivity index (χ1) is 9.08. The van der Waals surface area contributed by atoms with E-state index in [1.807, 2.05) is 12.1 Å². The number of rotatable bonds is 3. The summed E-state index contributed by atoms with van der Waals surface area (Å²) in [6.07, 6.45) is 4.21. The van der Waals surface area contributed by atoms with E-state index in [0.29, 0.717) is 5.69 Å². The molecule has 3 N–H and O–H groups in total. The Bertz CT molecular complexity index is 481. The molecule has 5 nitrogen and oxygen atoms in total. The van der Waals surface area contributed by atoms with E-state index in [0.717, 1.165) is 31.4 Å². The molecule has 1 fully saturated rings. The predicted octanol–water partition coefficient (Wildman–Crippen LogP) is 2.47. The van der Waals surface area contributed by atoms with Crippen LogP contribution in [0.4, 0.5) is 16.2 Å². The molecular weight excluding hydrogens is 242 g/mol. The highest BCUT2D eigenvalue weighted by atomic mass is 16.2. The molecule has 0 aromatic heterocycles. The molecule has 3 amide bonds. The number of amides is 3. The lowest BCUT2D eigenvalue weighted by Gasteiger charge is -2.27. The van der Waals surface area contributed by atoms with Gasteiger partial charge in [-0.05, 0) is 31.0 Å². The summed E-state index contributed by atoms with van der Waals surface area (Å²) in [5.41, 5.74) is 6.92. The first-order valence-electron chi connectivity index (χ1n) is 6.54. The van der Waals surface area contributed by atoms with Gasteiger partial charge in [-0.2, -0.15) is 0 Å². The average Bonchev–Trinajstić information content (AvgIpc) is 2.82. The summed E-state index contributed by atoms with van der Waals surface area (Å²) in [4.78, 5) is 24.4. The van der Waals surface area contributed by atoms with Crippen LogP contribution in [0.3, 0.4) is 0 Å². The van der Waals surface area contributed by atoms with Gasteiger partial charge in [-0.1, -0.05) is 18.9 Å². The summed E-state index contributed by atoms with van der Waals surface area (Å²) in [5, 5.41) is 2.71. The van der Waals surface area contributed by atoms with Crippen LogP contribution >= 0.6 is 0 Å². The standard InChI is InChI=1S/C14H19N3O2/c1-10(18)16-11-5-4-8-13(9-11)17(14(15)19)12-6-2-3-7-12/h4-5,8-9,12H,2-3,6-7H2,1H3,(H2,15,19)(H,16,18). The van der Waals surface area contributed by atoms with Gasteiger partial charge in [0.15, 0.2) is 0 Å². The van der Waals surface area contributed by atoms with Crippen molar-refractivity contribution >= 4 is 23.3 Å².